The minimum absolute atomic E-state index is 0.281. The summed E-state index contributed by atoms with van der Waals surface area (Å²) in [6.45, 7) is 15.5. The molecule has 0 radical (unpaired) electrons. The van der Waals surface area contributed by atoms with Crippen LogP contribution >= 0.6 is 0 Å². The Morgan fingerprint density at radius 3 is 1.88 bits per heavy atom. The Balaban J connectivity index is 3.88. The predicted molar refractivity (Wildman–Crippen MR) is 71.5 cm³/mol. The molecule has 1 nitrogen and oxygen atoms in total. The molecule has 0 aromatic heterocycles. The van der Waals surface area contributed by atoms with Crippen LogP contribution in [0.2, 0.25) is 0 Å². The van der Waals surface area contributed by atoms with Crippen molar-refractivity contribution in [1.82, 2.24) is 0 Å². The molecule has 0 aromatic carbocycles. The molecule has 0 heterocycles. The monoisotopic (exact) mass is 226 g/mol. The summed E-state index contributed by atoms with van der Waals surface area (Å²) in [5, 5.41) is 0. The standard InChI is InChI=1S/C15H30O/c1-12(11-15(5,6)7)10-13(16)8-9-14(2,3)4/h12H,8-11H2,1-7H3. The van der Waals surface area contributed by atoms with Crippen LogP contribution in [0, 0.1) is 16.7 Å². The van der Waals surface area contributed by atoms with Crippen LogP contribution in [0.25, 0.3) is 0 Å². The van der Waals surface area contributed by atoms with Gasteiger partial charge in [-0.1, -0.05) is 48.5 Å². The van der Waals surface area contributed by atoms with Gasteiger partial charge in [-0.3, -0.25) is 4.79 Å². The van der Waals surface area contributed by atoms with Gasteiger partial charge in [0.05, 0.1) is 0 Å². The number of hydrogen-bond donors (Lipinski definition) is 0. The predicted octanol–water partition coefficient (Wildman–Crippen LogP) is 4.84. The number of rotatable bonds is 5. The highest BCUT2D eigenvalue weighted by Crippen LogP contribution is 2.27. The van der Waals surface area contributed by atoms with E-state index in [4.69, 9.17) is 0 Å². The molecular formula is C15H30O. The maximum absolute atomic E-state index is 11.8. The van der Waals surface area contributed by atoms with E-state index in [0.29, 0.717) is 17.1 Å². The van der Waals surface area contributed by atoms with Crippen LogP contribution in [0.5, 0.6) is 0 Å². The maximum Gasteiger partial charge on any atom is 0.133 e. The van der Waals surface area contributed by atoms with Crippen molar-refractivity contribution in [3.05, 3.63) is 0 Å². The van der Waals surface area contributed by atoms with E-state index in [2.05, 4.69) is 48.5 Å². The number of Topliss-reactive ketones (excluding diaryl/α,β-unsaturated/α-hetero) is 1. The third-order valence-electron chi connectivity index (χ3n) is 2.69. The fourth-order valence-corrected chi connectivity index (χ4v) is 2.12. The SMILES string of the molecule is CC(CC(=O)CCC(C)(C)C)CC(C)(C)C. The van der Waals surface area contributed by atoms with E-state index in [-0.39, 0.29) is 5.41 Å². The van der Waals surface area contributed by atoms with Crippen molar-refractivity contribution in [2.45, 2.75) is 74.1 Å². The van der Waals surface area contributed by atoms with Crippen LogP contribution in [0.15, 0.2) is 0 Å². The molecule has 0 saturated carbocycles. The molecule has 0 rings (SSSR count). The molecule has 96 valence electrons. The summed E-state index contributed by atoms with van der Waals surface area (Å²) in [4.78, 5) is 11.8. The average molecular weight is 226 g/mol. The van der Waals surface area contributed by atoms with Crippen LogP contribution in [-0.2, 0) is 4.79 Å². The van der Waals surface area contributed by atoms with Crippen molar-refractivity contribution >= 4 is 5.78 Å². The van der Waals surface area contributed by atoms with Crippen molar-refractivity contribution in [3.63, 3.8) is 0 Å². The summed E-state index contributed by atoms with van der Waals surface area (Å²) in [7, 11) is 0. The van der Waals surface area contributed by atoms with E-state index < -0.39 is 0 Å². The molecular weight excluding hydrogens is 196 g/mol. The van der Waals surface area contributed by atoms with E-state index >= 15 is 0 Å². The van der Waals surface area contributed by atoms with Gasteiger partial charge in [0.1, 0.15) is 5.78 Å². The van der Waals surface area contributed by atoms with Crippen LogP contribution in [0.3, 0.4) is 0 Å². The molecule has 0 aromatic rings. The Morgan fingerprint density at radius 2 is 1.50 bits per heavy atom. The van der Waals surface area contributed by atoms with Gasteiger partial charge in [0, 0.05) is 12.8 Å². The van der Waals surface area contributed by atoms with E-state index in [9.17, 15) is 4.79 Å². The second-order valence-corrected chi connectivity index (χ2v) is 7.67. The molecule has 0 aliphatic carbocycles. The molecule has 0 aliphatic heterocycles. The lowest BCUT2D eigenvalue weighted by Crippen LogP contribution is -2.15. The van der Waals surface area contributed by atoms with Gasteiger partial charge >= 0.3 is 0 Å². The molecule has 1 heteroatoms. The van der Waals surface area contributed by atoms with Gasteiger partial charge in [-0.2, -0.15) is 0 Å². The molecule has 0 spiro atoms. The van der Waals surface area contributed by atoms with Crippen LogP contribution in [0.1, 0.15) is 74.1 Å². The minimum Gasteiger partial charge on any atom is -0.300 e. The molecule has 0 N–H and O–H groups in total. The van der Waals surface area contributed by atoms with Gasteiger partial charge in [-0.15, -0.1) is 0 Å². The Hall–Kier alpha value is -0.330. The number of carbonyl (C=O) groups is 1. The number of ketones is 1. The van der Waals surface area contributed by atoms with Crippen LogP contribution in [0.4, 0.5) is 0 Å². The van der Waals surface area contributed by atoms with Gasteiger partial charge < -0.3 is 0 Å². The Kier molecular flexibility index (Phi) is 5.72. The van der Waals surface area contributed by atoms with E-state index in [1.54, 1.807) is 0 Å². The highest BCUT2D eigenvalue weighted by molar-refractivity contribution is 5.78. The Labute approximate surface area is 102 Å². The molecule has 1 unspecified atom stereocenters. The first-order valence-electron chi connectivity index (χ1n) is 6.51. The van der Waals surface area contributed by atoms with Gasteiger partial charge in [-0.05, 0) is 29.6 Å². The molecule has 0 aliphatic rings. The quantitative estimate of drug-likeness (QED) is 0.655. The first kappa shape index (κ1) is 15.7. The zero-order valence-corrected chi connectivity index (χ0v) is 12.3. The van der Waals surface area contributed by atoms with Crippen molar-refractivity contribution in [1.29, 1.82) is 0 Å². The van der Waals surface area contributed by atoms with Gasteiger partial charge in [0.15, 0.2) is 0 Å². The van der Waals surface area contributed by atoms with Gasteiger partial charge in [-0.25, -0.2) is 0 Å². The zero-order valence-electron chi connectivity index (χ0n) is 12.3. The topological polar surface area (TPSA) is 17.1 Å². The molecule has 0 fully saturated rings. The lowest BCUT2D eigenvalue weighted by molar-refractivity contribution is -0.120. The molecule has 16 heavy (non-hydrogen) atoms. The van der Waals surface area contributed by atoms with Crippen molar-refractivity contribution < 1.29 is 4.79 Å². The highest BCUT2D eigenvalue weighted by atomic mass is 16.1. The third kappa shape index (κ3) is 10.2. The van der Waals surface area contributed by atoms with Crippen molar-refractivity contribution in [2.24, 2.45) is 16.7 Å². The summed E-state index contributed by atoms with van der Waals surface area (Å²) < 4.78 is 0. The summed E-state index contributed by atoms with van der Waals surface area (Å²) in [6.07, 6.45) is 3.65. The van der Waals surface area contributed by atoms with Gasteiger partial charge in [0.25, 0.3) is 0 Å². The first-order valence-corrected chi connectivity index (χ1v) is 6.51. The minimum atomic E-state index is 0.281. The third-order valence-corrected chi connectivity index (χ3v) is 2.69. The Bertz CT molecular complexity index is 215. The van der Waals surface area contributed by atoms with Crippen molar-refractivity contribution in [3.8, 4) is 0 Å². The molecule has 0 saturated heterocycles. The smallest absolute Gasteiger partial charge is 0.133 e. The van der Waals surface area contributed by atoms with E-state index in [1.165, 1.54) is 0 Å². The maximum atomic E-state index is 11.8. The summed E-state index contributed by atoms with van der Waals surface area (Å²) in [5.74, 6) is 0.958. The van der Waals surface area contributed by atoms with Crippen LogP contribution < -0.4 is 0 Å². The summed E-state index contributed by atoms with van der Waals surface area (Å²) >= 11 is 0. The fourth-order valence-electron chi connectivity index (χ4n) is 2.12. The first-order chi connectivity index (χ1) is 6.99. The van der Waals surface area contributed by atoms with E-state index in [0.717, 1.165) is 25.7 Å². The number of hydrogen-bond acceptors (Lipinski definition) is 1. The second kappa shape index (κ2) is 5.84. The van der Waals surface area contributed by atoms with Crippen molar-refractivity contribution in [2.75, 3.05) is 0 Å². The molecule has 1 atom stereocenters. The fraction of sp³-hybridized carbons (Fsp3) is 0.933. The number of carbonyl (C=O) groups excluding carboxylic acids is 1. The summed E-state index contributed by atoms with van der Waals surface area (Å²) in [5.41, 5.74) is 0.618. The zero-order chi connectivity index (χ0) is 13.0. The summed E-state index contributed by atoms with van der Waals surface area (Å²) in [6, 6.07) is 0. The van der Waals surface area contributed by atoms with Crippen LogP contribution in [-0.4, -0.2) is 5.78 Å². The second-order valence-electron chi connectivity index (χ2n) is 7.67. The lowest BCUT2D eigenvalue weighted by atomic mass is 9.82. The highest BCUT2D eigenvalue weighted by Gasteiger charge is 2.19. The Morgan fingerprint density at radius 1 is 1.00 bits per heavy atom. The van der Waals surface area contributed by atoms with Gasteiger partial charge in [0.2, 0.25) is 0 Å². The molecule has 0 bridgehead atoms. The largest absolute Gasteiger partial charge is 0.300 e. The van der Waals surface area contributed by atoms with E-state index in [1.807, 2.05) is 0 Å². The molecule has 0 amide bonds. The average Bonchev–Trinajstić information content (AvgIpc) is 1.95. The normalized spacial score (nSPS) is 14.9. The lowest BCUT2D eigenvalue weighted by Gasteiger charge is -2.23.